The summed E-state index contributed by atoms with van der Waals surface area (Å²) < 4.78 is 10.8. The largest absolute Gasteiger partial charge is 0.444 e. The Morgan fingerprint density at radius 2 is 1.15 bits per heavy atom. The smallest absolute Gasteiger partial charge is 0.408 e. The molecule has 358 valence electrons. The van der Waals surface area contributed by atoms with E-state index >= 15 is 0 Å². The molecule has 1 spiro atoms. The van der Waals surface area contributed by atoms with Crippen molar-refractivity contribution in [3.05, 3.63) is 71.8 Å². The molecule has 0 radical (unpaired) electrons. The maximum Gasteiger partial charge on any atom is 0.408 e. The van der Waals surface area contributed by atoms with Crippen molar-refractivity contribution in [2.24, 2.45) is 11.3 Å². The van der Waals surface area contributed by atoms with Crippen molar-refractivity contribution in [1.82, 2.24) is 36.8 Å². The zero-order chi connectivity index (χ0) is 48.0. The number of carbonyl (C=O) groups excluding carboxylic acids is 7. The highest BCUT2D eigenvalue weighted by atomic mass is 16.6. The van der Waals surface area contributed by atoms with Gasteiger partial charge < -0.3 is 46.3 Å². The second-order valence-electron chi connectivity index (χ2n) is 19.9. The molecule has 5 atom stereocenters. The topological polar surface area (TPSA) is 213 Å². The lowest BCUT2D eigenvalue weighted by Gasteiger charge is -2.58. The van der Waals surface area contributed by atoms with Crippen LogP contribution in [0.4, 0.5) is 9.59 Å². The van der Waals surface area contributed by atoms with Gasteiger partial charge in [-0.15, -0.1) is 0 Å². The molecule has 16 heteroatoms. The van der Waals surface area contributed by atoms with E-state index in [9.17, 15) is 33.6 Å². The van der Waals surface area contributed by atoms with Crippen LogP contribution in [0, 0.1) is 11.3 Å². The van der Waals surface area contributed by atoms with Crippen molar-refractivity contribution in [3.8, 4) is 0 Å². The van der Waals surface area contributed by atoms with Gasteiger partial charge >= 0.3 is 12.2 Å². The number of ether oxygens (including phenoxy) is 2. The predicted molar refractivity (Wildman–Crippen MR) is 248 cm³/mol. The van der Waals surface area contributed by atoms with E-state index in [-0.39, 0.29) is 49.8 Å². The number of amides is 6. The van der Waals surface area contributed by atoms with Gasteiger partial charge in [0.1, 0.15) is 29.3 Å². The van der Waals surface area contributed by atoms with Gasteiger partial charge in [0, 0.05) is 38.3 Å². The summed E-state index contributed by atoms with van der Waals surface area (Å²) in [5.41, 5.74) is -0.404. The highest BCUT2D eigenvalue weighted by Crippen LogP contribution is 2.46. The zero-order valence-corrected chi connectivity index (χ0v) is 39.8. The van der Waals surface area contributed by atoms with Gasteiger partial charge in [-0.1, -0.05) is 74.5 Å². The minimum atomic E-state index is -1.18. The van der Waals surface area contributed by atoms with Gasteiger partial charge in [0.15, 0.2) is 5.78 Å². The summed E-state index contributed by atoms with van der Waals surface area (Å²) in [7, 11) is 0. The summed E-state index contributed by atoms with van der Waals surface area (Å²) in [6, 6.07) is 13.1. The Balaban J connectivity index is 1.59. The quantitative estimate of drug-likeness (QED) is 0.101. The first-order chi connectivity index (χ1) is 30.6. The molecule has 1 unspecified atom stereocenters. The van der Waals surface area contributed by atoms with E-state index in [0.29, 0.717) is 45.3 Å². The lowest BCUT2D eigenvalue weighted by molar-refractivity contribution is -0.167. The molecule has 4 rings (SSSR count). The van der Waals surface area contributed by atoms with E-state index in [1.165, 1.54) is 6.92 Å². The molecule has 2 aromatic rings. The number of Topliss-reactive ketones (excluding diaryl/α,β-unsaturated/α-hetero) is 1. The van der Waals surface area contributed by atoms with E-state index < -0.39 is 76.7 Å². The maximum absolute atomic E-state index is 14.7. The molecule has 0 aromatic heterocycles. The Labute approximate surface area is 384 Å². The summed E-state index contributed by atoms with van der Waals surface area (Å²) in [6.45, 7) is 17.9. The molecule has 2 saturated heterocycles. The number of unbranched alkanes of at least 4 members (excludes halogenated alkanes) is 1. The summed E-state index contributed by atoms with van der Waals surface area (Å²) in [4.78, 5) is 97.6. The highest BCUT2D eigenvalue weighted by molar-refractivity contribution is 5.99. The Morgan fingerprint density at radius 1 is 0.677 bits per heavy atom. The van der Waals surface area contributed by atoms with E-state index in [1.54, 1.807) is 46.4 Å². The van der Waals surface area contributed by atoms with E-state index in [2.05, 4.69) is 31.9 Å². The van der Waals surface area contributed by atoms with Crippen molar-refractivity contribution in [2.75, 3.05) is 26.2 Å². The van der Waals surface area contributed by atoms with Crippen LogP contribution in [0.15, 0.2) is 60.7 Å². The van der Waals surface area contributed by atoms with Crippen LogP contribution in [-0.4, -0.2) is 114 Å². The number of alkyl carbamates (subject to hydrolysis) is 2. The number of hydrogen-bond acceptors (Lipinski definition) is 10. The summed E-state index contributed by atoms with van der Waals surface area (Å²) >= 11 is 0. The van der Waals surface area contributed by atoms with Crippen molar-refractivity contribution in [2.45, 2.75) is 155 Å². The fourth-order valence-electron chi connectivity index (χ4n) is 8.38. The number of ketones is 1. The Hall–Kier alpha value is -5.51. The summed E-state index contributed by atoms with van der Waals surface area (Å²) in [5, 5.41) is 17.5. The second-order valence-corrected chi connectivity index (χ2v) is 19.9. The van der Waals surface area contributed by atoms with E-state index in [0.717, 1.165) is 11.1 Å². The third kappa shape index (κ3) is 16.8. The number of nitrogens with zero attached hydrogens (tertiary/aromatic N) is 1. The highest BCUT2D eigenvalue weighted by Gasteiger charge is 2.58. The van der Waals surface area contributed by atoms with Crippen LogP contribution in [0.1, 0.15) is 112 Å². The van der Waals surface area contributed by atoms with Crippen molar-refractivity contribution < 1.29 is 43.0 Å². The molecular formula is C49H73N7O9. The van der Waals surface area contributed by atoms with Gasteiger partial charge in [-0.05, 0) is 110 Å². The number of piperidine rings is 1. The Morgan fingerprint density at radius 3 is 1.66 bits per heavy atom. The normalized spacial score (nSPS) is 17.6. The van der Waals surface area contributed by atoms with Gasteiger partial charge in [-0.2, -0.15) is 0 Å². The molecule has 0 saturated carbocycles. The third-order valence-electron chi connectivity index (χ3n) is 11.4. The number of likely N-dealkylation sites (tertiary alicyclic amines) is 1. The predicted octanol–water partition coefficient (Wildman–Crippen LogP) is 4.73. The SMILES string of the molecule is CC(=O)N1CC2(CCNCC2)C1C(=O)[C@@H](CCCCNC(=O)OC(C)(C)C)NC(=O)[C@@H](CC(C)C)NC(=O)[C@@H](Cc1ccccc1)NC(=O)[C@@H](Cc1ccccc1)NC(=O)OC(C)(C)C. The van der Waals surface area contributed by atoms with Crippen LogP contribution in [-0.2, 0) is 46.3 Å². The second kappa shape index (κ2) is 23.6. The molecule has 2 aliphatic heterocycles. The first kappa shape index (κ1) is 52.1. The zero-order valence-electron chi connectivity index (χ0n) is 39.8. The average Bonchev–Trinajstić information content (AvgIpc) is 3.21. The molecule has 65 heavy (non-hydrogen) atoms. The van der Waals surface area contributed by atoms with Crippen molar-refractivity contribution in [1.29, 1.82) is 0 Å². The summed E-state index contributed by atoms with van der Waals surface area (Å²) in [5.74, 6) is -2.41. The number of hydrogen-bond donors (Lipinski definition) is 6. The standard InChI is InChI=1S/C49H73N7O9/c1-32(2)28-37(42(59)52-36(22-16-17-25-51-45(62)64-47(4,5)6)40(58)41-49(23-26-50-27-24-49)31-56(41)33(3)57)53-43(60)38(29-34-18-12-10-13-19-34)54-44(61)39(30-35-20-14-11-15-21-35)55-46(63)65-48(7,8)9/h10-15,18-21,32,36-39,41,50H,16-17,22-31H2,1-9H3,(H,51,62)(H,52,59)(H,53,60)(H,54,61)(H,55,63)/t36-,37-,38-,39-,41?/m1/s1. The number of carbonyl (C=O) groups is 7. The maximum atomic E-state index is 14.7. The lowest BCUT2D eigenvalue weighted by Crippen LogP contribution is -2.73. The van der Waals surface area contributed by atoms with Crippen LogP contribution in [0.5, 0.6) is 0 Å². The molecule has 2 aliphatic rings. The van der Waals surface area contributed by atoms with Crippen molar-refractivity contribution >= 4 is 41.6 Å². The van der Waals surface area contributed by atoms with Gasteiger partial charge in [-0.25, -0.2) is 9.59 Å². The molecule has 0 aliphatic carbocycles. The Kier molecular flexibility index (Phi) is 18.9. The van der Waals surface area contributed by atoms with Crippen LogP contribution in [0.3, 0.4) is 0 Å². The molecule has 16 nitrogen and oxygen atoms in total. The molecule has 6 N–H and O–H groups in total. The van der Waals surface area contributed by atoms with Crippen LogP contribution in [0.25, 0.3) is 0 Å². The molecule has 6 amide bonds. The number of nitrogens with one attached hydrogen (secondary N) is 6. The minimum Gasteiger partial charge on any atom is -0.444 e. The fraction of sp³-hybridized carbons (Fsp3) is 0.612. The number of rotatable bonds is 20. The van der Waals surface area contributed by atoms with Gasteiger partial charge in [0.2, 0.25) is 23.6 Å². The monoisotopic (exact) mass is 904 g/mol. The van der Waals surface area contributed by atoms with Crippen molar-refractivity contribution in [3.63, 3.8) is 0 Å². The van der Waals surface area contributed by atoms with Crippen LogP contribution < -0.4 is 31.9 Å². The van der Waals surface area contributed by atoms with E-state index in [4.69, 9.17) is 9.47 Å². The van der Waals surface area contributed by atoms with Crippen LogP contribution in [0.2, 0.25) is 0 Å². The fourth-order valence-corrected chi connectivity index (χ4v) is 8.38. The van der Waals surface area contributed by atoms with E-state index in [1.807, 2.05) is 74.5 Å². The minimum absolute atomic E-state index is 0.0663. The molecular weight excluding hydrogens is 831 g/mol. The molecule has 2 heterocycles. The number of benzene rings is 2. The lowest BCUT2D eigenvalue weighted by atomic mass is 9.63. The molecule has 2 fully saturated rings. The van der Waals surface area contributed by atoms with Gasteiger partial charge in [-0.3, -0.25) is 24.0 Å². The van der Waals surface area contributed by atoms with Crippen LogP contribution >= 0.6 is 0 Å². The first-order valence-electron chi connectivity index (χ1n) is 23.0. The molecule has 2 aromatic carbocycles. The molecule has 0 bridgehead atoms. The summed E-state index contributed by atoms with van der Waals surface area (Å²) in [6.07, 6.45) is 1.58. The first-order valence-corrected chi connectivity index (χ1v) is 23.0. The Bertz CT molecular complexity index is 1920. The third-order valence-corrected chi connectivity index (χ3v) is 11.4. The van der Waals surface area contributed by atoms with Gasteiger partial charge in [0.25, 0.3) is 0 Å². The van der Waals surface area contributed by atoms with Gasteiger partial charge in [0.05, 0.1) is 12.1 Å². The average molecular weight is 904 g/mol.